The summed E-state index contributed by atoms with van der Waals surface area (Å²) in [6.45, 7) is 0.786. The van der Waals surface area contributed by atoms with Crippen molar-refractivity contribution in [3.63, 3.8) is 0 Å². The Morgan fingerprint density at radius 2 is 1.83 bits per heavy atom. The van der Waals surface area contributed by atoms with Gasteiger partial charge in [0.1, 0.15) is 17.3 Å². The fraction of sp³-hybridized carbons (Fsp3) is 0.500. The van der Waals surface area contributed by atoms with Crippen LogP contribution >= 0.6 is 11.6 Å². The van der Waals surface area contributed by atoms with E-state index >= 15 is 0 Å². The van der Waals surface area contributed by atoms with Gasteiger partial charge in [-0.2, -0.15) is 0 Å². The molecule has 1 fully saturated rings. The van der Waals surface area contributed by atoms with Crippen LogP contribution in [-0.2, 0) is 6.54 Å². The third-order valence-electron chi connectivity index (χ3n) is 4.77. The SMILES string of the molecule is COc1ccc(-c2ccc(CNC3CCCCCCC3)o2)cc1Cl. The summed E-state index contributed by atoms with van der Waals surface area (Å²) in [6.07, 6.45) is 9.39. The molecule has 0 atom stereocenters. The maximum absolute atomic E-state index is 6.20. The Morgan fingerprint density at radius 3 is 2.54 bits per heavy atom. The summed E-state index contributed by atoms with van der Waals surface area (Å²) in [5, 5.41) is 4.26. The molecule has 1 saturated carbocycles. The minimum atomic E-state index is 0.598. The fourth-order valence-electron chi connectivity index (χ4n) is 3.35. The Labute approximate surface area is 149 Å². The summed E-state index contributed by atoms with van der Waals surface area (Å²) >= 11 is 6.20. The van der Waals surface area contributed by atoms with Gasteiger partial charge in [-0.1, -0.05) is 43.7 Å². The molecule has 0 bridgehead atoms. The van der Waals surface area contributed by atoms with Crippen LogP contribution in [0.15, 0.2) is 34.7 Å². The number of nitrogens with one attached hydrogen (secondary N) is 1. The highest BCUT2D eigenvalue weighted by molar-refractivity contribution is 6.32. The van der Waals surface area contributed by atoms with E-state index in [1.165, 1.54) is 44.9 Å². The number of rotatable bonds is 5. The van der Waals surface area contributed by atoms with Crippen molar-refractivity contribution in [2.45, 2.75) is 57.5 Å². The molecular formula is C20H26ClNO2. The van der Waals surface area contributed by atoms with Crippen LogP contribution in [-0.4, -0.2) is 13.2 Å². The number of halogens is 1. The molecule has 3 nitrogen and oxygen atoms in total. The molecule has 1 N–H and O–H groups in total. The van der Waals surface area contributed by atoms with Crippen molar-refractivity contribution in [2.75, 3.05) is 7.11 Å². The van der Waals surface area contributed by atoms with Gasteiger partial charge in [-0.3, -0.25) is 0 Å². The molecule has 24 heavy (non-hydrogen) atoms. The zero-order valence-corrected chi connectivity index (χ0v) is 15.1. The molecule has 4 heteroatoms. The van der Waals surface area contributed by atoms with Gasteiger partial charge in [0.05, 0.1) is 18.7 Å². The van der Waals surface area contributed by atoms with E-state index in [0.717, 1.165) is 23.6 Å². The molecule has 1 aliphatic rings. The van der Waals surface area contributed by atoms with E-state index in [-0.39, 0.29) is 0 Å². The first-order chi connectivity index (χ1) is 11.8. The van der Waals surface area contributed by atoms with E-state index in [1.54, 1.807) is 7.11 Å². The third-order valence-corrected chi connectivity index (χ3v) is 5.06. The van der Waals surface area contributed by atoms with Gasteiger partial charge in [0.25, 0.3) is 0 Å². The standard InChI is InChI=1S/C20H26ClNO2/c1-23-20-11-9-15(13-18(20)21)19-12-10-17(24-19)14-22-16-7-5-3-2-4-6-8-16/h9-13,16,22H,2-8,14H2,1H3. The Balaban J connectivity index is 1.59. The van der Waals surface area contributed by atoms with Crippen LogP contribution in [0.4, 0.5) is 0 Å². The number of methoxy groups -OCH3 is 1. The van der Waals surface area contributed by atoms with Crippen molar-refractivity contribution >= 4 is 11.6 Å². The zero-order chi connectivity index (χ0) is 16.8. The van der Waals surface area contributed by atoms with Crippen molar-refractivity contribution in [1.29, 1.82) is 0 Å². The highest BCUT2D eigenvalue weighted by Crippen LogP contribution is 2.31. The van der Waals surface area contributed by atoms with Crippen molar-refractivity contribution in [2.24, 2.45) is 0 Å². The summed E-state index contributed by atoms with van der Waals surface area (Å²) < 4.78 is 11.2. The Morgan fingerprint density at radius 1 is 1.08 bits per heavy atom. The zero-order valence-electron chi connectivity index (χ0n) is 14.3. The highest BCUT2D eigenvalue weighted by Gasteiger charge is 2.12. The van der Waals surface area contributed by atoms with E-state index in [1.807, 2.05) is 30.3 Å². The van der Waals surface area contributed by atoms with Crippen molar-refractivity contribution in [3.05, 3.63) is 41.1 Å². The maximum atomic E-state index is 6.20. The van der Waals surface area contributed by atoms with Crippen LogP contribution < -0.4 is 10.1 Å². The quantitative estimate of drug-likeness (QED) is 0.741. The highest BCUT2D eigenvalue weighted by atomic mass is 35.5. The van der Waals surface area contributed by atoms with Gasteiger partial charge in [-0.05, 0) is 43.2 Å². The Hall–Kier alpha value is -1.45. The molecule has 1 aromatic heterocycles. The number of hydrogen-bond donors (Lipinski definition) is 1. The van der Waals surface area contributed by atoms with Crippen LogP contribution in [0.25, 0.3) is 11.3 Å². The average molecular weight is 348 g/mol. The van der Waals surface area contributed by atoms with Crippen molar-refractivity contribution in [3.8, 4) is 17.1 Å². The predicted molar refractivity (Wildman–Crippen MR) is 98.7 cm³/mol. The van der Waals surface area contributed by atoms with Gasteiger partial charge >= 0.3 is 0 Å². The second-order valence-corrected chi connectivity index (χ2v) is 6.95. The molecule has 0 spiro atoms. The summed E-state index contributed by atoms with van der Waals surface area (Å²) in [6, 6.07) is 10.4. The Bertz CT molecular complexity index is 645. The van der Waals surface area contributed by atoms with E-state index in [9.17, 15) is 0 Å². The maximum Gasteiger partial charge on any atom is 0.137 e. The van der Waals surface area contributed by atoms with Crippen LogP contribution in [0.2, 0.25) is 5.02 Å². The largest absolute Gasteiger partial charge is 0.495 e. The second kappa shape index (κ2) is 8.59. The van der Waals surface area contributed by atoms with Crippen LogP contribution in [0.5, 0.6) is 5.75 Å². The summed E-state index contributed by atoms with van der Waals surface area (Å²) in [5.41, 5.74) is 0.970. The van der Waals surface area contributed by atoms with Crippen LogP contribution in [0, 0.1) is 0 Å². The minimum absolute atomic E-state index is 0.598. The molecule has 0 unspecified atom stereocenters. The lowest BCUT2D eigenvalue weighted by Gasteiger charge is -2.20. The molecule has 0 aliphatic heterocycles. The topological polar surface area (TPSA) is 34.4 Å². The van der Waals surface area contributed by atoms with Gasteiger partial charge < -0.3 is 14.5 Å². The molecule has 130 valence electrons. The molecule has 1 aliphatic carbocycles. The molecule has 2 aromatic rings. The molecule has 0 amide bonds. The van der Waals surface area contributed by atoms with E-state index in [2.05, 4.69) is 5.32 Å². The number of benzene rings is 1. The van der Waals surface area contributed by atoms with E-state index in [4.69, 9.17) is 20.8 Å². The molecule has 3 rings (SSSR count). The number of ether oxygens (including phenoxy) is 1. The minimum Gasteiger partial charge on any atom is -0.495 e. The van der Waals surface area contributed by atoms with Gasteiger partial charge in [0, 0.05) is 11.6 Å². The van der Waals surface area contributed by atoms with E-state index in [0.29, 0.717) is 16.8 Å². The third kappa shape index (κ3) is 4.55. The van der Waals surface area contributed by atoms with Gasteiger partial charge in [-0.15, -0.1) is 0 Å². The summed E-state index contributed by atoms with van der Waals surface area (Å²) in [5.74, 6) is 2.49. The molecule has 1 heterocycles. The normalized spacial score (nSPS) is 16.6. The first kappa shape index (κ1) is 17.4. The lowest BCUT2D eigenvalue weighted by Crippen LogP contribution is -2.29. The molecule has 0 saturated heterocycles. The van der Waals surface area contributed by atoms with Crippen LogP contribution in [0.3, 0.4) is 0 Å². The average Bonchev–Trinajstić information content (AvgIpc) is 3.03. The second-order valence-electron chi connectivity index (χ2n) is 6.54. The van der Waals surface area contributed by atoms with Gasteiger partial charge in [0.15, 0.2) is 0 Å². The summed E-state index contributed by atoms with van der Waals surface area (Å²) in [7, 11) is 1.62. The predicted octanol–water partition coefficient (Wildman–Crippen LogP) is 5.81. The summed E-state index contributed by atoms with van der Waals surface area (Å²) in [4.78, 5) is 0. The first-order valence-electron chi connectivity index (χ1n) is 8.92. The lowest BCUT2D eigenvalue weighted by atomic mass is 9.97. The van der Waals surface area contributed by atoms with E-state index < -0.39 is 0 Å². The Kier molecular flexibility index (Phi) is 6.22. The van der Waals surface area contributed by atoms with Crippen molar-refractivity contribution < 1.29 is 9.15 Å². The molecule has 0 radical (unpaired) electrons. The first-order valence-corrected chi connectivity index (χ1v) is 9.30. The fourth-order valence-corrected chi connectivity index (χ4v) is 3.61. The van der Waals surface area contributed by atoms with Gasteiger partial charge in [0.2, 0.25) is 0 Å². The molecule has 1 aromatic carbocycles. The number of hydrogen-bond acceptors (Lipinski definition) is 3. The lowest BCUT2D eigenvalue weighted by molar-refractivity contribution is 0.372. The van der Waals surface area contributed by atoms with Gasteiger partial charge in [-0.25, -0.2) is 0 Å². The van der Waals surface area contributed by atoms with Crippen molar-refractivity contribution in [1.82, 2.24) is 5.32 Å². The number of furan rings is 1. The molecular weight excluding hydrogens is 322 g/mol. The smallest absolute Gasteiger partial charge is 0.137 e. The van der Waals surface area contributed by atoms with Crippen LogP contribution in [0.1, 0.15) is 50.7 Å². The monoisotopic (exact) mass is 347 g/mol.